The zero-order valence-electron chi connectivity index (χ0n) is 8.70. The fraction of sp³-hybridized carbons (Fsp3) is 0.364. The zero-order valence-corrected chi connectivity index (χ0v) is 8.70. The van der Waals surface area contributed by atoms with Crippen LogP contribution in [0.3, 0.4) is 0 Å². The Morgan fingerprint density at radius 2 is 1.92 bits per heavy atom. The molecule has 0 radical (unpaired) electrons. The molecule has 70 valence electrons. The lowest BCUT2D eigenvalue weighted by Crippen LogP contribution is -1.84. The first kappa shape index (κ1) is 9.78. The van der Waals surface area contributed by atoms with E-state index < -0.39 is 0 Å². The summed E-state index contributed by atoms with van der Waals surface area (Å²) in [6.45, 7) is 6.08. The second-order valence-electron chi connectivity index (χ2n) is 2.87. The van der Waals surface area contributed by atoms with E-state index in [-0.39, 0.29) is 0 Å². The van der Waals surface area contributed by atoms with E-state index >= 15 is 0 Å². The van der Waals surface area contributed by atoms with Crippen LogP contribution in [0.5, 0.6) is 0 Å². The van der Waals surface area contributed by atoms with Gasteiger partial charge in [0, 0.05) is 18.6 Å². The van der Waals surface area contributed by atoms with E-state index in [1.165, 1.54) is 10.9 Å². The maximum atomic E-state index is 4.29. The first-order valence-electron chi connectivity index (χ1n) is 4.66. The van der Waals surface area contributed by atoms with Crippen molar-refractivity contribution in [3.63, 3.8) is 0 Å². The fourth-order valence-corrected chi connectivity index (χ4v) is 1.25. The van der Waals surface area contributed by atoms with Crippen molar-refractivity contribution in [1.29, 1.82) is 0 Å². The van der Waals surface area contributed by atoms with Crippen LogP contribution in [0.1, 0.15) is 19.4 Å². The van der Waals surface area contributed by atoms with Crippen LogP contribution in [0, 0.1) is 6.92 Å². The minimum Gasteiger partial charge on any atom is -0.275 e. The van der Waals surface area contributed by atoms with Gasteiger partial charge in [-0.1, -0.05) is 26.0 Å². The quantitative estimate of drug-likeness (QED) is 0.603. The summed E-state index contributed by atoms with van der Waals surface area (Å²) < 4.78 is 1.84. The standard InChI is InChI=1S/C9H10N2.C2H6/c1-7-3-4-8-6-11(2)10-9(8)5-7;1-2/h3-6H,1-2H3;1-2H3. The predicted molar refractivity (Wildman–Crippen MR) is 56.8 cm³/mol. The topological polar surface area (TPSA) is 17.8 Å². The summed E-state index contributed by atoms with van der Waals surface area (Å²) in [6.07, 6.45) is 2.02. The van der Waals surface area contributed by atoms with E-state index in [0.29, 0.717) is 0 Å². The van der Waals surface area contributed by atoms with Gasteiger partial charge in [0.2, 0.25) is 0 Å². The summed E-state index contributed by atoms with van der Waals surface area (Å²) >= 11 is 0. The average Bonchev–Trinajstić information content (AvgIpc) is 2.48. The number of rotatable bonds is 0. The summed E-state index contributed by atoms with van der Waals surface area (Å²) in [7, 11) is 1.94. The molecule has 0 bridgehead atoms. The summed E-state index contributed by atoms with van der Waals surface area (Å²) in [4.78, 5) is 0. The van der Waals surface area contributed by atoms with Crippen molar-refractivity contribution in [3.05, 3.63) is 30.0 Å². The van der Waals surface area contributed by atoms with E-state index in [1.807, 2.05) is 31.8 Å². The van der Waals surface area contributed by atoms with E-state index in [0.717, 1.165) is 5.52 Å². The van der Waals surface area contributed by atoms with Crippen LogP contribution in [0.4, 0.5) is 0 Å². The highest BCUT2D eigenvalue weighted by atomic mass is 15.2. The second kappa shape index (κ2) is 4.08. The molecule has 0 N–H and O–H groups in total. The van der Waals surface area contributed by atoms with Crippen molar-refractivity contribution in [2.75, 3.05) is 0 Å². The SMILES string of the molecule is CC.Cc1ccc2cn(C)nc2c1. The van der Waals surface area contributed by atoms with Gasteiger partial charge in [-0.15, -0.1) is 0 Å². The third kappa shape index (κ3) is 2.08. The highest BCUT2D eigenvalue weighted by Gasteiger charge is 1.95. The Balaban J connectivity index is 0.000000396. The number of aromatic nitrogens is 2. The van der Waals surface area contributed by atoms with Gasteiger partial charge >= 0.3 is 0 Å². The van der Waals surface area contributed by atoms with Gasteiger partial charge in [0.1, 0.15) is 0 Å². The van der Waals surface area contributed by atoms with Crippen LogP contribution in [0.25, 0.3) is 10.9 Å². The minimum absolute atomic E-state index is 1.08. The third-order valence-electron chi connectivity index (χ3n) is 1.78. The molecule has 1 heterocycles. The van der Waals surface area contributed by atoms with Gasteiger partial charge in [-0.25, -0.2) is 0 Å². The molecule has 2 nitrogen and oxygen atoms in total. The van der Waals surface area contributed by atoms with Crippen LogP contribution < -0.4 is 0 Å². The van der Waals surface area contributed by atoms with Gasteiger partial charge in [-0.3, -0.25) is 4.68 Å². The lowest BCUT2D eigenvalue weighted by Gasteiger charge is -1.88. The van der Waals surface area contributed by atoms with Crippen molar-refractivity contribution in [2.45, 2.75) is 20.8 Å². The van der Waals surface area contributed by atoms with E-state index in [2.05, 4.69) is 30.2 Å². The van der Waals surface area contributed by atoms with Crippen LogP contribution in [-0.2, 0) is 7.05 Å². The molecule has 13 heavy (non-hydrogen) atoms. The van der Waals surface area contributed by atoms with Crippen molar-refractivity contribution in [1.82, 2.24) is 9.78 Å². The molecular weight excluding hydrogens is 160 g/mol. The Morgan fingerprint density at radius 1 is 1.23 bits per heavy atom. The number of hydrogen-bond acceptors (Lipinski definition) is 1. The molecule has 0 aliphatic heterocycles. The molecule has 2 rings (SSSR count). The minimum atomic E-state index is 1.08. The maximum Gasteiger partial charge on any atom is 0.0925 e. The zero-order chi connectivity index (χ0) is 9.84. The molecule has 0 saturated carbocycles. The van der Waals surface area contributed by atoms with Crippen molar-refractivity contribution in [2.24, 2.45) is 7.05 Å². The number of aryl methyl sites for hydroxylation is 2. The summed E-state index contributed by atoms with van der Waals surface area (Å²) in [6, 6.07) is 6.29. The lowest BCUT2D eigenvalue weighted by atomic mass is 10.2. The summed E-state index contributed by atoms with van der Waals surface area (Å²) in [5.41, 5.74) is 2.34. The fourth-order valence-electron chi connectivity index (χ4n) is 1.25. The smallest absolute Gasteiger partial charge is 0.0925 e. The molecule has 0 saturated heterocycles. The first-order chi connectivity index (χ1) is 6.25. The van der Waals surface area contributed by atoms with Gasteiger partial charge in [0.15, 0.2) is 0 Å². The Morgan fingerprint density at radius 3 is 2.62 bits per heavy atom. The van der Waals surface area contributed by atoms with Crippen molar-refractivity contribution in [3.8, 4) is 0 Å². The maximum absolute atomic E-state index is 4.29. The predicted octanol–water partition coefficient (Wildman–Crippen LogP) is 2.91. The van der Waals surface area contributed by atoms with Gasteiger partial charge in [-0.2, -0.15) is 5.10 Å². The normalized spacial score (nSPS) is 9.54. The van der Waals surface area contributed by atoms with E-state index in [1.54, 1.807) is 0 Å². The Hall–Kier alpha value is -1.31. The van der Waals surface area contributed by atoms with Crippen molar-refractivity contribution >= 4 is 10.9 Å². The van der Waals surface area contributed by atoms with Gasteiger partial charge < -0.3 is 0 Å². The molecule has 0 fully saturated rings. The second-order valence-corrected chi connectivity index (χ2v) is 2.87. The van der Waals surface area contributed by atoms with Gasteiger partial charge in [0.05, 0.1) is 5.52 Å². The van der Waals surface area contributed by atoms with E-state index in [4.69, 9.17) is 0 Å². The van der Waals surface area contributed by atoms with Crippen molar-refractivity contribution < 1.29 is 0 Å². The first-order valence-corrected chi connectivity index (χ1v) is 4.66. The molecule has 0 aliphatic rings. The van der Waals surface area contributed by atoms with Gasteiger partial charge in [-0.05, 0) is 18.6 Å². The molecule has 1 aromatic carbocycles. The van der Waals surface area contributed by atoms with Crippen LogP contribution in [-0.4, -0.2) is 9.78 Å². The average molecular weight is 176 g/mol. The Kier molecular flexibility index (Phi) is 3.07. The van der Waals surface area contributed by atoms with Crippen LogP contribution in [0.2, 0.25) is 0 Å². The molecule has 2 heteroatoms. The molecular formula is C11H16N2. The number of benzene rings is 1. The largest absolute Gasteiger partial charge is 0.275 e. The summed E-state index contributed by atoms with van der Waals surface area (Å²) in [5, 5.41) is 5.50. The molecule has 0 aliphatic carbocycles. The highest BCUT2D eigenvalue weighted by Crippen LogP contribution is 2.12. The molecule has 0 atom stereocenters. The van der Waals surface area contributed by atoms with Gasteiger partial charge in [0.25, 0.3) is 0 Å². The Bertz CT molecular complexity index is 388. The molecule has 0 spiro atoms. The Labute approximate surface area is 79.2 Å². The molecule has 1 aromatic heterocycles. The van der Waals surface area contributed by atoms with Crippen LogP contribution in [0.15, 0.2) is 24.4 Å². The summed E-state index contributed by atoms with van der Waals surface area (Å²) in [5.74, 6) is 0. The molecule has 2 aromatic rings. The van der Waals surface area contributed by atoms with Crippen LogP contribution >= 0.6 is 0 Å². The number of fused-ring (bicyclic) bond motifs is 1. The lowest BCUT2D eigenvalue weighted by molar-refractivity contribution is 0.779. The molecule has 0 unspecified atom stereocenters. The number of hydrogen-bond donors (Lipinski definition) is 0. The highest BCUT2D eigenvalue weighted by molar-refractivity contribution is 5.78. The monoisotopic (exact) mass is 176 g/mol. The van der Waals surface area contributed by atoms with E-state index in [9.17, 15) is 0 Å². The molecule has 0 amide bonds. The third-order valence-corrected chi connectivity index (χ3v) is 1.78. The number of nitrogens with zero attached hydrogens (tertiary/aromatic N) is 2.